The van der Waals surface area contributed by atoms with E-state index in [1.54, 1.807) is 0 Å². The molecule has 0 saturated heterocycles. The number of hydrogen-bond acceptors (Lipinski definition) is 3. The highest BCUT2D eigenvalue weighted by atomic mass is 32.2. The van der Waals surface area contributed by atoms with Crippen LogP contribution in [0.2, 0.25) is 0 Å². The Morgan fingerprint density at radius 3 is 2.82 bits per heavy atom. The summed E-state index contributed by atoms with van der Waals surface area (Å²) in [5, 5.41) is 0.742. The highest BCUT2D eigenvalue weighted by Crippen LogP contribution is 2.39. The number of thioether (sulfide) groups is 1. The average molecular weight is 173 g/mol. The molecule has 0 aromatic carbocycles. The van der Waals surface area contributed by atoms with Gasteiger partial charge in [-0.05, 0) is 25.5 Å². The van der Waals surface area contributed by atoms with E-state index < -0.39 is 0 Å². The Kier molecular flexibility index (Phi) is 2.96. The zero-order valence-electron chi connectivity index (χ0n) is 6.88. The highest BCUT2D eigenvalue weighted by molar-refractivity contribution is 7.99. The number of carbonyl (C=O) groups is 1. The summed E-state index contributed by atoms with van der Waals surface area (Å²) in [5.41, 5.74) is 5.98. The second-order valence-electron chi connectivity index (χ2n) is 3.33. The third kappa shape index (κ3) is 2.20. The van der Waals surface area contributed by atoms with Crippen LogP contribution in [0.5, 0.6) is 0 Å². The molecule has 11 heavy (non-hydrogen) atoms. The van der Waals surface area contributed by atoms with Gasteiger partial charge in [0.05, 0.1) is 0 Å². The molecule has 0 heterocycles. The first-order valence-electron chi connectivity index (χ1n) is 3.95. The molecule has 2 N–H and O–H groups in total. The van der Waals surface area contributed by atoms with E-state index in [4.69, 9.17) is 5.73 Å². The van der Waals surface area contributed by atoms with Gasteiger partial charge in [0, 0.05) is 17.2 Å². The lowest BCUT2D eigenvalue weighted by molar-refractivity contribution is -0.108. The Balaban J connectivity index is 2.19. The Labute approximate surface area is 71.9 Å². The first-order valence-corrected chi connectivity index (χ1v) is 5.24. The molecular weight excluding hydrogens is 158 g/mol. The van der Waals surface area contributed by atoms with Crippen LogP contribution >= 0.6 is 11.8 Å². The molecule has 0 aromatic heterocycles. The lowest BCUT2D eigenvalue weighted by Gasteiger charge is -2.44. The molecule has 64 valence electrons. The first-order chi connectivity index (χ1) is 5.20. The monoisotopic (exact) mass is 173 g/mol. The maximum absolute atomic E-state index is 10.1. The summed E-state index contributed by atoms with van der Waals surface area (Å²) < 4.78 is 0. The minimum Gasteiger partial charge on any atom is -0.325 e. The van der Waals surface area contributed by atoms with Crippen LogP contribution in [-0.2, 0) is 4.79 Å². The van der Waals surface area contributed by atoms with Crippen molar-refractivity contribution >= 4 is 18.0 Å². The normalized spacial score (nSPS) is 36.4. The zero-order valence-corrected chi connectivity index (χ0v) is 7.69. The number of aldehydes is 1. The van der Waals surface area contributed by atoms with Crippen LogP contribution in [0.25, 0.3) is 0 Å². The molecule has 0 amide bonds. The van der Waals surface area contributed by atoms with Crippen LogP contribution < -0.4 is 5.73 Å². The second-order valence-corrected chi connectivity index (χ2v) is 4.47. The molecule has 0 radical (unpaired) electrons. The van der Waals surface area contributed by atoms with Crippen molar-refractivity contribution in [3.8, 4) is 0 Å². The van der Waals surface area contributed by atoms with Crippen LogP contribution in [0.1, 0.15) is 25.7 Å². The van der Waals surface area contributed by atoms with Crippen LogP contribution in [0.4, 0.5) is 0 Å². The van der Waals surface area contributed by atoms with Crippen LogP contribution in [0.15, 0.2) is 0 Å². The predicted octanol–water partition coefficient (Wildman–Crippen LogP) is 1.19. The van der Waals surface area contributed by atoms with E-state index in [0.29, 0.717) is 6.42 Å². The molecule has 0 spiro atoms. The summed E-state index contributed by atoms with van der Waals surface area (Å²) in [7, 11) is 0. The molecule has 0 unspecified atom stereocenters. The number of hydrogen-bond donors (Lipinski definition) is 1. The van der Waals surface area contributed by atoms with Crippen LogP contribution in [0.3, 0.4) is 0 Å². The van der Waals surface area contributed by atoms with Gasteiger partial charge in [-0.2, -0.15) is 11.8 Å². The van der Waals surface area contributed by atoms with Gasteiger partial charge in [-0.25, -0.2) is 0 Å². The van der Waals surface area contributed by atoms with Crippen molar-refractivity contribution in [2.75, 3.05) is 6.26 Å². The minimum atomic E-state index is -0.00537. The number of rotatable bonds is 4. The molecule has 1 fully saturated rings. The van der Waals surface area contributed by atoms with E-state index >= 15 is 0 Å². The van der Waals surface area contributed by atoms with Crippen molar-refractivity contribution < 1.29 is 4.79 Å². The Morgan fingerprint density at radius 1 is 1.73 bits per heavy atom. The SMILES string of the molecule is CSC1CC(N)(CCC=O)C1. The van der Waals surface area contributed by atoms with Crippen molar-refractivity contribution in [2.45, 2.75) is 36.5 Å². The van der Waals surface area contributed by atoms with Gasteiger partial charge in [-0.3, -0.25) is 0 Å². The van der Waals surface area contributed by atoms with Crippen molar-refractivity contribution in [1.29, 1.82) is 0 Å². The van der Waals surface area contributed by atoms with Crippen molar-refractivity contribution in [1.82, 2.24) is 0 Å². The maximum Gasteiger partial charge on any atom is 0.120 e. The lowest BCUT2D eigenvalue weighted by Crippen LogP contribution is -2.53. The Bertz CT molecular complexity index is 143. The lowest BCUT2D eigenvalue weighted by atomic mass is 9.74. The molecule has 0 atom stereocenters. The molecule has 0 aliphatic heterocycles. The molecule has 1 aliphatic rings. The summed E-state index contributed by atoms with van der Waals surface area (Å²) in [6.45, 7) is 0. The van der Waals surface area contributed by atoms with E-state index in [1.807, 2.05) is 11.8 Å². The summed E-state index contributed by atoms with van der Waals surface area (Å²) >= 11 is 1.88. The van der Waals surface area contributed by atoms with E-state index in [2.05, 4.69) is 6.26 Å². The van der Waals surface area contributed by atoms with Gasteiger partial charge in [0.15, 0.2) is 0 Å². The van der Waals surface area contributed by atoms with Crippen molar-refractivity contribution in [2.24, 2.45) is 5.73 Å². The van der Waals surface area contributed by atoms with E-state index in [9.17, 15) is 4.79 Å². The molecule has 0 aromatic rings. The third-order valence-corrected chi connectivity index (χ3v) is 3.36. The average Bonchev–Trinajstić information content (AvgIpc) is 1.95. The predicted molar refractivity (Wildman–Crippen MR) is 48.8 cm³/mol. The summed E-state index contributed by atoms with van der Waals surface area (Å²) in [6, 6.07) is 0. The third-order valence-electron chi connectivity index (χ3n) is 2.36. The first kappa shape index (κ1) is 9.07. The molecule has 1 rings (SSSR count). The minimum absolute atomic E-state index is 0.00537. The molecular formula is C8H15NOS. The van der Waals surface area contributed by atoms with Gasteiger partial charge < -0.3 is 10.5 Å². The van der Waals surface area contributed by atoms with Gasteiger partial charge in [0.1, 0.15) is 6.29 Å². The van der Waals surface area contributed by atoms with Gasteiger partial charge in [0.2, 0.25) is 0 Å². The zero-order chi connectivity index (χ0) is 8.32. The van der Waals surface area contributed by atoms with Crippen LogP contribution in [-0.4, -0.2) is 23.3 Å². The summed E-state index contributed by atoms with van der Waals surface area (Å²) in [6.07, 6.45) is 6.74. The topological polar surface area (TPSA) is 43.1 Å². The quantitative estimate of drug-likeness (QED) is 0.649. The number of nitrogens with two attached hydrogens (primary N) is 1. The van der Waals surface area contributed by atoms with Crippen molar-refractivity contribution in [3.63, 3.8) is 0 Å². The molecule has 1 aliphatic carbocycles. The fraction of sp³-hybridized carbons (Fsp3) is 0.875. The van der Waals surface area contributed by atoms with Crippen LogP contribution in [0, 0.1) is 0 Å². The fourth-order valence-electron chi connectivity index (χ4n) is 1.56. The fourth-order valence-corrected chi connectivity index (χ4v) is 2.56. The van der Waals surface area contributed by atoms with E-state index in [1.165, 1.54) is 0 Å². The van der Waals surface area contributed by atoms with Gasteiger partial charge in [-0.1, -0.05) is 0 Å². The van der Waals surface area contributed by atoms with E-state index in [0.717, 1.165) is 30.8 Å². The second kappa shape index (κ2) is 3.59. The van der Waals surface area contributed by atoms with Gasteiger partial charge in [0.25, 0.3) is 0 Å². The molecule has 0 bridgehead atoms. The number of carbonyl (C=O) groups excluding carboxylic acids is 1. The molecule has 2 nitrogen and oxygen atoms in total. The largest absolute Gasteiger partial charge is 0.325 e. The maximum atomic E-state index is 10.1. The Hall–Kier alpha value is -0.0200. The van der Waals surface area contributed by atoms with Crippen molar-refractivity contribution in [3.05, 3.63) is 0 Å². The van der Waals surface area contributed by atoms with Gasteiger partial charge >= 0.3 is 0 Å². The standard InChI is InChI=1S/C8H15NOS/c1-11-7-5-8(9,6-7)3-2-4-10/h4,7H,2-3,5-6,9H2,1H3. The smallest absolute Gasteiger partial charge is 0.120 e. The van der Waals surface area contributed by atoms with Gasteiger partial charge in [-0.15, -0.1) is 0 Å². The van der Waals surface area contributed by atoms with E-state index in [-0.39, 0.29) is 5.54 Å². The molecule has 3 heteroatoms. The summed E-state index contributed by atoms with van der Waals surface area (Å²) in [4.78, 5) is 10.1. The highest BCUT2D eigenvalue weighted by Gasteiger charge is 2.39. The summed E-state index contributed by atoms with van der Waals surface area (Å²) in [5.74, 6) is 0. The Morgan fingerprint density at radius 2 is 2.36 bits per heavy atom. The molecule has 1 saturated carbocycles.